The maximum atomic E-state index is 11.2. The van der Waals surface area contributed by atoms with Crippen LogP contribution in [0.2, 0.25) is 0 Å². The van der Waals surface area contributed by atoms with E-state index >= 15 is 0 Å². The zero-order valence-corrected chi connectivity index (χ0v) is 8.08. The van der Waals surface area contributed by atoms with Crippen molar-refractivity contribution >= 4 is 5.91 Å². The van der Waals surface area contributed by atoms with E-state index in [4.69, 9.17) is 10.5 Å². The molecule has 3 N–H and O–H groups in total. The molecule has 1 saturated carbocycles. The molecular weight excluding hydrogens is 168 g/mol. The first-order chi connectivity index (χ1) is 6.24. The number of hydrogen-bond donors (Lipinski definition) is 2. The lowest BCUT2D eigenvalue weighted by molar-refractivity contribution is -0.123. The minimum absolute atomic E-state index is 0.109. The summed E-state index contributed by atoms with van der Waals surface area (Å²) < 4.78 is 4.78. The first kappa shape index (κ1) is 10.5. The summed E-state index contributed by atoms with van der Waals surface area (Å²) in [5.74, 6) is 0.737. The molecule has 0 heterocycles. The molecule has 76 valence electrons. The summed E-state index contributed by atoms with van der Waals surface area (Å²) in [7, 11) is 1.54. The fourth-order valence-corrected chi connectivity index (χ4v) is 1.19. The van der Waals surface area contributed by atoms with E-state index < -0.39 is 6.04 Å². The van der Waals surface area contributed by atoms with Crippen molar-refractivity contribution in [3.8, 4) is 0 Å². The number of rotatable bonds is 6. The topological polar surface area (TPSA) is 64.3 Å². The minimum Gasteiger partial charge on any atom is -0.383 e. The summed E-state index contributed by atoms with van der Waals surface area (Å²) in [6, 6.07) is -0.524. The van der Waals surface area contributed by atoms with Crippen LogP contribution in [0.15, 0.2) is 0 Å². The van der Waals surface area contributed by atoms with Crippen molar-refractivity contribution in [3.63, 3.8) is 0 Å². The number of carbonyl (C=O) groups is 1. The van der Waals surface area contributed by atoms with Crippen molar-refractivity contribution in [2.45, 2.75) is 25.3 Å². The molecule has 4 heteroatoms. The molecule has 1 fully saturated rings. The third-order valence-electron chi connectivity index (χ3n) is 2.23. The Balaban J connectivity index is 2.01. The normalized spacial score (nSPS) is 18.3. The van der Waals surface area contributed by atoms with Gasteiger partial charge in [0.05, 0.1) is 6.61 Å². The Morgan fingerprint density at radius 2 is 2.38 bits per heavy atom. The van der Waals surface area contributed by atoms with Gasteiger partial charge in [0.15, 0.2) is 0 Å². The van der Waals surface area contributed by atoms with Crippen molar-refractivity contribution in [2.75, 3.05) is 20.3 Å². The molecule has 1 atom stereocenters. The molecule has 0 spiro atoms. The molecule has 0 saturated heterocycles. The number of nitrogens with one attached hydrogen (secondary N) is 1. The van der Waals surface area contributed by atoms with Gasteiger partial charge in [0.25, 0.3) is 0 Å². The van der Waals surface area contributed by atoms with Crippen molar-refractivity contribution < 1.29 is 9.53 Å². The van der Waals surface area contributed by atoms with E-state index in [0.717, 1.165) is 18.9 Å². The smallest absolute Gasteiger partial charge is 0.239 e. The number of methoxy groups -OCH3 is 1. The summed E-state index contributed by atoms with van der Waals surface area (Å²) >= 11 is 0. The lowest BCUT2D eigenvalue weighted by Crippen LogP contribution is -2.43. The second-order valence-corrected chi connectivity index (χ2v) is 3.58. The second kappa shape index (κ2) is 5.19. The zero-order valence-electron chi connectivity index (χ0n) is 8.08. The Labute approximate surface area is 78.8 Å². The maximum Gasteiger partial charge on any atom is 0.239 e. The highest BCUT2D eigenvalue weighted by Gasteiger charge is 2.21. The van der Waals surface area contributed by atoms with E-state index in [1.54, 1.807) is 0 Å². The summed E-state index contributed by atoms with van der Waals surface area (Å²) in [6.45, 7) is 1.04. The summed E-state index contributed by atoms with van der Waals surface area (Å²) in [4.78, 5) is 11.2. The average Bonchev–Trinajstić information content (AvgIpc) is 2.88. The fraction of sp³-hybridized carbons (Fsp3) is 0.889. The third-order valence-corrected chi connectivity index (χ3v) is 2.23. The van der Waals surface area contributed by atoms with E-state index in [9.17, 15) is 4.79 Å². The highest BCUT2D eigenvalue weighted by molar-refractivity contribution is 5.81. The standard InChI is InChI=1S/C9H18N2O2/c1-13-6-8(10)9(12)11-5-4-7-2-3-7/h7-8H,2-6,10H2,1H3,(H,11,12). The summed E-state index contributed by atoms with van der Waals surface area (Å²) in [5, 5.41) is 2.79. The molecule has 0 aliphatic heterocycles. The predicted molar refractivity (Wildman–Crippen MR) is 50.2 cm³/mol. The SMILES string of the molecule is COCC(N)C(=O)NCCC1CC1. The Hall–Kier alpha value is -0.610. The van der Waals surface area contributed by atoms with E-state index in [1.165, 1.54) is 20.0 Å². The molecule has 1 amide bonds. The van der Waals surface area contributed by atoms with E-state index in [-0.39, 0.29) is 12.5 Å². The number of nitrogens with two attached hydrogens (primary N) is 1. The molecule has 1 aliphatic carbocycles. The van der Waals surface area contributed by atoms with Gasteiger partial charge in [-0.25, -0.2) is 0 Å². The molecule has 1 aliphatic rings. The monoisotopic (exact) mass is 186 g/mol. The Bertz CT molecular complexity index is 169. The lowest BCUT2D eigenvalue weighted by atomic mass is 10.2. The van der Waals surface area contributed by atoms with Crippen LogP contribution in [-0.4, -0.2) is 32.2 Å². The highest BCUT2D eigenvalue weighted by atomic mass is 16.5. The molecule has 0 bridgehead atoms. The van der Waals surface area contributed by atoms with E-state index in [2.05, 4.69) is 5.32 Å². The third kappa shape index (κ3) is 4.24. The van der Waals surface area contributed by atoms with Crippen molar-refractivity contribution in [1.82, 2.24) is 5.32 Å². The molecular formula is C9H18N2O2. The van der Waals surface area contributed by atoms with Crippen LogP contribution in [0.1, 0.15) is 19.3 Å². The van der Waals surface area contributed by atoms with Crippen LogP contribution in [0.5, 0.6) is 0 Å². The van der Waals surface area contributed by atoms with Crippen molar-refractivity contribution in [1.29, 1.82) is 0 Å². The molecule has 0 radical (unpaired) electrons. The van der Waals surface area contributed by atoms with Gasteiger partial charge in [0.1, 0.15) is 6.04 Å². The van der Waals surface area contributed by atoms with Crippen LogP contribution < -0.4 is 11.1 Å². The van der Waals surface area contributed by atoms with E-state index in [0.29, 0.717) is 0 Å². The molecule has 0 aromatic carbocycles. The van der Waals surface area contributed by atoms with Gasteiger partial charge in [-0.05, 0) is 12.3 Å². The minimum atomic E-state index is -0.524. The fourth-order valence-electron chi connectivity index (χ4n) is 1.19. The highest BCUT2D eigenvalue weighted by Crippen LogP contribution is 2.31. The molecule has 4 nitrogen and oxygen atoms in total. The van der Waals surface area contributed by atoms with Crippen LogP contribution >= 0.6 is 0 Å². The summed E-state index contributed by atoms with van der Waals surface area (Å²) in [5.41, 5.74) is 5.52. The average molecular weight is 186 g/mol. The van der Waals surface area contributed by atoms with Crippen molar-refractivity contribution in [2.24, 2.45) is 11.7 Å². The number of ether oxygens (including phenoxy) is 1. The zero-order chi connectivity index (χ0) is 9.68. The second-order valence-electron chi connectivity index (χ2n) is 3.58. The first-order valence-electron chi connectivity index (χ1n) is 4.76. The predicted octanol–water partition coefficient (Wildman–Crippen LogP) is -0.124. The van der Waals surface area contributed by atoms with Crippen LogP contribution in [0.4, 0.5) is 0 Å². The van der Waals surface area contributed by atoms with Gasteiger partial charge in [-0.3, -0.25) is 4.79 Å². The number of carbonyl (C=O) groups excluding carboxylic acids is 1. The van der Waals surface area contributed by atoms with Crippen LogP contribution in [-0.2, 0) is 9.53 Å². The van der Waals surface area contributed by atoms with Crippen LogP contribution in [0, 0.1) is 5.92 Å². The Morgan fingerprint density at radius 3 is 2.92 bits per heavy atom. The molecule has 0 aromatic heterocycles. The Kier molecular flexibility index (Phi) is 4.18. The van der Waals surface area contributed by atoms with Gasteiger partial charge in [0.2, 0.25) is 5.91 Å². The molecule has 0 aromatic rings. The largest absolute Gasteiger partial charge is 0.383 e. The molecule has 1 unspecified atom stereocenters. The van der Waals surface area contributed by atoms with Crippen LogP contribution in [0.25, 0.3) is 0 Å². The van der Waals surface area contributed by atoms with Gasteiger partial charge in [-0.1, -0.05) is 12.8 Å². The van der Waals surface area contributed by atoms with Gasteiger partial charge in [-0.2, -0.15) is 0 Å². The van der Waals surface area contributed by atoms with Gasteiger partial charge in [0, 0.05) is 13.7 Å². The van der Waals surface area contributed by atoms with Gasteiger partial charge in [-0.15, -0.1) is 0 Å². The van der Waals surface area contributed by atoms with Crippen LogP contribution in [0.3, 0.4) is 0 Å². The lowest BCUT2D eigenvalue weighted by Gasteiger charge is -2.10. The molecule has 13 heavy (non-hydrogen) atoms. The Morgan fingerprint density at radius 1 is 1.69 bits per heavy atom. The molecule has 1 rings (SSSR count). The van der Waals surface area contributed by atoms with Gasteiger partial charge < -0.3 is 15.8 Å². The van der Waals surface area contributed by atoms with Gasteiger partial charge >= 0.3 is 0 Å². The summed E-state index contributed by atoms with van der Waals surface area (Å²) in [6.07, 6.45) is 3.73. The number of amides is 1. The van der Waals surface area contributed by atoms with E-state index in [1.807, 2.05) is 0 Å². The van der Waals surface area contributed by atoms with Crippen molar-refractivity contribution in [3.05, 3.63) is 0 Å². The first-order valence-corrected chi connectivity index (χ1v) is 4.76. The quantitative estimate of drug-likeness (QED) is 0.607. The maximum absolute atomic E-state index is 11.2. The number of hydrogen-bond acceptors (Lipinski definition) is 3.